The molecule has 0 radical (unpaired) electrons. The average Bonchev–Trinajstić information content (AvgIpc) is 2.18. The zero-order chi connectivity index (χ0) is 11.3. The Morgan fingerprint density at radius 3 is 3.00 bits per heavy atom. The number of hydrogen-bond donors (Lipinski definition) is 1. The Bertz CT molecular complexity index is 211. The van der Waals surface area contributed by atoms with Crippen LogP contribution < -0.4 is 0 Å². The molecule has 1 N–H and O–H groups in total. The van der Waals surface area contributed by atoms with Crippen molar-refractivity contribution in [2.24, 2.45) is 5.92 Å². The second kappa shape index (κ2) is 6.38. The lowest BCUT2D eigenvalue weighted by atomic mass is 10.0. The third-order valence-corrected chi connectivity index (χ3v) is 3.87. The van der Waals surface area contributed by atoms with Gasteiger partial charge >= 0.3 is 5.97 Å². The molecular weight excluding hydrogens is 210 g/mol. The van der Waals surface area contributed by atoms with Crippen LogP contribution in [0.25, 0.3) is 0 Å². The van der Waals surface area contributed by atoms with E-state index < -0.39 is 5.97 Å². The molecule has 1 rings (SSSR count). The van der Waals surface area contributed by atoms with Crippen molar-refractivity contribution in [2.75, 3.05) is 24.6 Å². The summed E-state index contributed by atoms with van der Waals surface area (Å²) in [5.74, 6) is 1.77. The molecule has 0 aromatic heterocycles. The van der Waals surface area contributed by atoms with Crippen LogP contribution in [-0.2, 0) is 4.79 Å². The van der Waals surface area contributed by atoms with E-state index in [-0.39, 0.29) is 6.04 Å². The Kier molecular flexibility index (Phi) is 5.47. The minimum absolute atomic E-state index is 0.261. The van der Waals surface area contributed by atoms with E-state index in [4.69, 9.17) is 5.11 Å². The topological polar surface area (TPSA) is 40.5 Å². The predicted molar refractivity (Wildman–Crippen MR) is 64.4 cm³/mol. The van der Waals surface area contributed by atoms with Crippen molar-refractivity contribution in [3.05, 3.63) is 0 Å². The molecule has 1 heterocycles. The van der Waals surface area contributed by atoms with Gasteiger partial charge in [-0.1, -0.05) is 20.3 Å². The molecular formula is C11H21NO2S. The highest BCUT2D eigenvalue weighted by molar-refractivity contribution is 7.99. The Balaban J connectivity index is 2.45. The van der Waals surface area contributed by atoms with Crippen LogP contribution in [0.4, 0.5) is 0 Å². The average molecular weight is 231 g/mol. The Labute approximate surface area is 96.2 Å². The van der Waals surface area contributed by atoms with Gasteiger partial charge in [-0.2, -0.15) is 11.8 Å². The lowest BCUT2D eigenvalue weighted by Gasteiger charge is -2.34. The summed E-state index contributed by atoms with van der Waals surface area (Å²) in [6.07, 6.45) is 2.37. The molecule has 1 aliphatic rings. The first kappa shape index (κ1) is 12.8. The lowest BCUT2D eigenvalue weighted by Crippen LogP contribution is -2.48. The van der Waals surface area contributed by atoms with Crippen LogP contribution in [-0.4, -0.2) is 46.6 Å². The first-order chi connectivity index (χ1) is 7.15. The van der Waals surface area contributed by atoms with Crippen LogP contribution >= 0.6 is 11.8 Å². The van der Waals surface area contributed by atoms with Gasteiger partial charge in [0.25, 0.3) is 0 Å². The molecule has 3 nitrogen and oxygen atoms in total. The zero-order valence-electron chi connectivity index (χ0n) is 9.61. The quantitative estimate of drug-likeness (QED) is 0.785. The molecule has 2 atom stereocenters. The van der Waals surface area contributed by atoms with Crippen molar-refractivity contribution in [1.82, 2.24) is 4.90 Å². The third-order valence-electron chi connectivity index (χ3n) is 2.85. The molecule has 15 heavy (non-hydrogen) atoms. The Morgan fingerprint density at radius 1 is 1.67 bits per heavy atom. The van der Waals surface area contributed by atoms with Crippen LogP contribution in [0.3, 0.4) is 0 Å². The van der Waals surface area contributed by atoms with Gasteiger partial charge in [-0.05, 0) is 12.3 Å². The summed E-state index contributed by atoms with van der Waals surface area (Å²) in [6, 6.07) is -0.261. The minimum atomic E-state index is -0.661. The summed E-state index contributed by atoms with van der Waals surface area (Å²) in [4.78, 5) is 13.2. The summed E-state index contributed by atoms with van der Waals surface area (Å²) in [5.41, 5.74) is 0. The molecule has 1 saturated heterocycles. The Morgan fingerprint density at radius 2 is 2.40 bits per heavy atom. The van der Waals surface area contributed by atoms with E-state index in [1.807, 2.05) is 0 Å². The maximum Gasteiger partial charge on any atom is 0.321 e. The molecule has 1 aliphatic heterocycles. The van der Waals surface area contributed by atoms with Gasteiger partial charge in [0, 0.05) is 24.6 Å². The van der Waals surface area contributed by atoms with Crippen molar-refractivity contribution in [3.63, 3.8) is 0 Å². The predicted octanol–water partition coefficient (Wildman–Crippen LogP) is 1.92. The molecule has 0 aromatic rings. The fourth-order valence-corrected chi connectivity index (χ4v) is 3.18. The zero-order valence-corrected chi connectivity index (χ0v) is 10.4. The highest BCUT2D eigenvalue weighted by Crippen LogP contribution is 2.19. The van der Waals surface area contributed by atoms with Crippen LogP contribution in [0, 0.1) is 5.92 Å². The molecule has 0 aliphatic carbocycles. The second-order valence-corrected chi connectivity index (χ2v) is 5.47. The van der Waals surface area contributed by atoms with E-state index in [0.29, 0.717) is 5.92 Å². The first-order valence-corrected chi connectivity index (χ1v) is 6.85. The van der Waals surface area contributed by atoms with Gasteiger partial charge in [-0.3, -0.25) is 9.69 Å². The van der Waals surface area contributed by atoms with Gasteiger partial charge in [0.2, 0.25) is 0 Å². The van der Waals surface area contributed by atoms with E-state index in [2.05, 4.69) is 18.7 Å². The van der Waals surface area contributed by atoms with Gasteiger partial charge in [0.05, 0.1) is 0 Å². The van der Waals surface area contributed by atoms with E-state index in [1.165, 1.54) is 12.8 Å². The van der Waals surface area contributed by atoms with E-state index in [0.717, 1.165) is 24.6 Å². The summed E-state index contributed by atoms with van der Waals surface area (Å²) in [7, 11) is 0. The third kappa shape index (κ3) is 4.03. The molecule has 4 heteroatoms. The van der Waals surface area contributed by atoms with Crippen LogP contribution in [0.15, 0.2) is 0 Å². The number of aliphatic carboxylic acids is 1. The maximum absolute atomic E-state index is 11.0. The first-order valence-electron chi connectivity index (χ1n) is 5.69. The smallest absolute Gasteiger partial charge is 0.321 e. The van der Waals surface area contributed by atoms with Gasteiger partial charge < -0.3 is 5.11 Å². The molecule has 0 bridgehead atoms. The number of nitrogens with zero attached hydrogens (tertiary/aromatic N) is 1. The van der Waals surface area contributed by atoms with Crippen molar-refractivity contribution < 1.29 is 9.90 Å². The summed E-state index contributed by atoms with van der Waals surface area (Å²) < 4.78 is 0. The van der Waals surface area contributed by atoms with Crippen molar-refractivity contribution in [2.45, 2.75) is 32.7 Å². The number of carbonyl (C=O) groups is 1. The standard InChI is InChI=1S/C11H21NO2S/c1-3-4-9(2)7-12-5-6-15-8-10(12)11(13)14/h9-10H,3-8H2,1-2H3,(H,13,14). The van der Waals surface area contributed by atoms with Crippen molar-refractivity contribution in [1.29, 1.82) is 0 Å². The monoisotopic (exact) mass is 231 g/mol. The fourth-order valence-electron chi connectivity index (χ4n) is 2.07. The molecule has 0 aromatic carbocycles. The lowest BCUT2D eigenvalue weighted by molar-refractivity contribution is -0.142. The number of rotatable bonds is 5. The van der Waals surface area contributed by atoms with Gasteiger partial charge in [0.1, 0.15) is 6.04 Å². The Hall–Kier alpha value is -0.220. The largest absolute Gasteiger partial charge is 0.480 e. The van der Waals surface area contributed by atoms with Gasteiger partial charge in [0.15, 0.2) is 0 Å². The molecule has 2 unspecified atom stereocenters. The summed E-state index contributed by atoms with van der Waals surface area (Å²) >= 11 is 1.75. The highest BCUT2D eigenvalue weighted by atomic mass is 32.2. The maximum atomic E-state index is 11.0. The number of hydrogen-bond acceptors (Lipinski definition) is 3. The fraction of sp³-hybridized carbons (Fsp3) is 0.909. The van der Waals surface area contributed by atoms with Crippen LogP contribution in [0.2, 0.25) is 0 Å². The molecule has 0 amide bonds. The second-order valence-electron chi connectivity index (χ2n) is 4.32. The molecule has 0 saturated carbocycles. The normalized spacial score (nSPS) is 25.1. The van der Waals surface area contributed by atoms with Crippen LogP contribution in [0.1, 0.15) is 26.7 Å². The minimum Gasteiger partial charge on any atom is -0.480 e. The van der Waals surface area contributed by atoms with E-state index >= 15 is 0 Å². The molecule has 1 fully saturated rings. The highest BCUT2D eigenvalue weighted by Gasteiger charge is 2.29. The SMILES string of the molecule is CCCC(C)CN1CCSCC1C(=O)O. The van der Waals surface area contributed by atoms with Crippen molar-refractivity contribution in [3.8, 4) is 0 Å². The van der Waals surface area contributed by atoms with E-state index in [9.17, 15) is 4.79 Å². The number of carboxylic acids is 1. The van der Waals surface area contributed by atoms with Crippen molar-refractivity contribution >= 4 is 17.7 Å². The number of thioether (sulfide) groups is 1. The van der Waals surface area contributed by atoms with E-state index in [1.54, 1.807) is 11.8 Å². The summed E-state index contributed by atoms with van der Waals surface area (Å²) in [6.45, 7) is 6.25. The van der Waals surface area contributed by atoms with Gasteiger partial charge in [-0.25, -0.2) is 0 Å². The van der Waals surface area contributed by atoms with Crippen LogP contribution in [0.5, 0.6) is 0 Å². The number of carboxylic acid groups (broad SMARTS) is 1. The summed E-state index contributed by atoms with van der Waals surface area (Å²) in [5, 5.41) is 9.10. The van der Waals surface area contributed by atoms with Gasteiger partial charge in [-0.15, -0.1) is 0 Å². The molecule has 88 valence electrons. The molecule has 0 spiro atoms.